The average Bonchev–Trinajstić information content (AvgIpc) is 2.57. The fourth-order valence-electron chi connectivity index (χ4n) is 2.17. The summed E-state index contributed by atoms with van der Waals surface area (Å²) in [4.78, 5) is 26.0. The van der Waals surface area contributed by atoms with Crippen molar-refractivity contribution in [3.8, 4) is 0 Å². The number of rotatable bonds is 5. The van der Waals surface area contributed by atoms with E-state index in [9.17, 15) is 14.0 Å². The van der Waals surface area contributed by atoms with E-state index in [4.69, 9.17) is 0 Å². The van der Waals surface area contributed by atoms with Crippen LogP contribution in [0.25, 0.3) is 0 Å². The zero-order chi connectivity index (χ0) is 18.6. The van der Waals surface area contributed by atoms with E-state index in [1.165, 1.54) is 12.1 Å². The van der Waals surface area contributed by atoms with Gasteiger partial charge in [0.2, 0.25) is 0 Å². The molecule has 2 amide bonds. The van der Waals surface area contributed by atoms with Crippen molar-refractivity contribution in [1.29, 1.82) is 0 Å². The second-order valence-corrected chi connectivity index (χ2v) is 6.96. The zero-order valence-corrected chi connectivity index (χ0v) is 15.9. The van der Waals surface area contributed by atoms with Gasteiger partial charge in [0, 0.05) is 35.2 Å². The molecule has 0 aliphatic carbocycles. The van der Waals surface area contributed by atoms with E-state index in [1.54, 1.807) is 42.3 Å². The van der Waals surface area contributed by atoms with E-state index >= 15 is 0 Å². The van der Waals surface area contributed by atoms with Crippen molar-refractivity contribution in [2.75, 3.05) is 7.05 Å². The van der Waals surface area contributed by atoms with Gasteiger partial charge in [-0.05, 0) is 49.7 Å². The van der Waals surface area contributed by atoms with Gasteiger partial charge < -0.3 is 10.2 Å². The largest absolute Gasteiger partial charge is 0.348 e. The molecule has 0 saturated heterocycles. The Balaban J connectivity index is 1.99. The molecule has 132 valence electrons. The van der Waals surface area contributed by atoms with Crippen molar-refractivity contribution < 1.29 is 14.0 Å². The molecule has 0 fully saturated rings. The second-order valence-electron chi connectivity index (χ2n) is 6.05. The molecular weight excluding hydrogens is 387 g/mol. The lowest BCUT2D eigenvalue weighted by Crippen LogP contribution is -2.32. The molecule has 2 aromatic rings. The van der Waals surface area contributed by atoms with Crippen LogP contribution in [0, 0.1) is 5.82 Å². The van der Waals surface area contributed by atoms with Crippen LogP contribution in [0.15, 0.2) is 46.9 Å². The minimum Gasteiger partial charge on any atom is -0.348 e. The van der Waals surface area contributed by atoms with Crippen molar-refractivity contribution >= 4 is 27.7 Å². The summed E-state index contributed by atoms with van der Waals surface area (Å²) in [5.41, 5.74) is 1.70. The van der Waals surface area contributed by atoms with Gasteiger partial charge in [-0.1, -0.05) is 28.1 Å². The normalized spacial score (nSPS) is 10.6. The summed E-state index contributed by atoms with van der Waals surface area (Å²) >= 11 is 3.16. The van der Waals surface area contributed by atoms with Gasteiger partial charge in [0.15, 0.2) is 0 Å². The Kier molecular flexibility index (Phi) is 6.31. The summed E-state index contributed by atoms with van der Waals surface area (Å²) in [6.45, 7) is 4.20. The molecule has 1 N–H and O–H groups in total. The predicted molar refractivity (Wildman–Crippen MR) is 98.9 cm³/mol. The highest BCUT2D eigenvalue weighted by Crippen LogP contribution is 2.15. The van der Waals surface area contributed by atoms with Crippen LogP contribution in [0.4, 0.5) is 4.39 Å². The molecule has 0 aliphatic rings. The van der Waals surface area contributed by atoms with Gasteiger partial charge in [-0.15, -0.1) is 0 Å². The molecule has 2 aromatic carbocycles. The molecule has 0 heterocycles. The summed E-state index contributed by atoms with van der Waals surface area (Å²) in [7, 11) is 1.76. The van der Waals surface area contributed by atoms with Gasteiger partial charge in [0.1, 0.15) is 5.82 Å². The highest BCUT2D eigenvalue weighted by molar-refractivity contribution is 9.10. The first kappa shape index (κ1) is 19.1. The van der Waals surface area contributed by atoms with Crippen molar-refractivity contribution in [2.45, 2.75) is 26.4 Å². The van der Waals surface area contributed by atoms with Crippen LogP contribution >= 0.6 is 15.9 Å². The Hall–Kier alpha value is -2.21. The van der Waals surface area contributed by atoms with Gasteiger partial charge >= 0.3 is 0 Å². The number of amides is 2. The van der Waals surface area contributed by atoms with Gasteiger partial charge in [-0.2, -0.15) is 0 Å². The van der Waals surface area contributed by atoms with Crippen molar-refractivity contribution in [1.82, 2.24) is 10.2 Å². The summed E-state index contributed by atoms with van der Waals surface area (Å²) in [6, 6.07) is 11.2. The smallest absolute Gasteiger partial charge is 0.253 e. The predicted octanol–water partition coefficient (Wildman–Crippen LogP) is 4.00. The molecule has 0 bridgehead atoms. The first-order valence-corrected chi connectivity index (χ1v) is 8.67. The number of halogens is 2. The van der Waals surface area contributed by atoms with E-state index in [1.807, 2.05) is 13.8 Å². The standard InChI is InChI=1S/C19H20BrFN2O2/c1-12(2)23(3)19(25)14-6-4-13(5-7-14)11-22-18(24)15-8-16(20)10-17(21)9-15/h4-10,12H,11H2,1-3H3,(H,22,24). The molecule has 0 radical (unpaired) electrons. The SMILES string of the molecule is CC(C)N(C)C(=O)c1ccc(CNC(=O)c2cc(F)cc(Br)c2)cc1. The first-order valence-electron chi connectivity index (χ1n) is 7.88. The van der Waals surface area contributed by atoms with Gasteiger partial charge in [0.25, 0.3) is 11.8 Å². The fourth-order valence-corrected chi connectivity index (χ4v) is 2.64. The molecule has 6 heteroatoms. The maximum atomic E-state index is 13.3. The van der Waals surface area contributed by atoms with Crippen molar-refractivity contribution in [3.05, 3.63) is 69.4 Å². The highest BCUT2D eigenvalue weighted by atomic mass is 79.9. The van der Waals surface area contributed by atoms with E-state index in [2.05, 4.69) is 21.2 Å². The molecule has 0 aliphatic heterocycles. The maximum Gasteiger partial charge on any atom is 0.253 e. The topological polar surface area (TPSA) is 49.4 Å². The van der Waals surface area contributed by atoms with Gasteiger partial charge in [0.05, 0.1) is 0 Å². The number of carbonyl (C=O) groups is 2. The Labute approximate surface area is 155 Å². The number of hydrogen-bond acceptors (Lipinski definition) is 2. The van der Waals surface area contributed by atoms with E-state index in [0.29, 0.717) is 16.6 Å². The Bertz CT molecular complexity index is 755. The minimum absolute atomic E-state index is 0.0461. The lowest BCUT2D eigenvalue weighted by atomic mass is 10.1. The third kappa shape index (κ3) is 5.13. The molecular formula is C19H20BrFN2O2. The van der Waals surface area contributed by atoms with Gasteiger partial charge in [-0.3, -0.25) is 9.59 Å². The Morgan fingerprint density at radius 1 is 1.12 bits per heavy atom. The summed E-state index contributed by atoms with van der Waals surface area (Å²) in [6.07, 6.45) is 0. The average molecular weight is 407 g/mol. The number of carbonyl (C=O) groups excluding carboxylic acids is 2. The van der Waals surface area contributed by atoms with Gasteiger partial charge in [-0.25, -0.2) is 4.39 Å². The third-order valence-corrected chi connectivity index (χ3v) is 4.33. The maximum absolute atomic E-state index is 13.3. The second kappa shape index (κ2) is 8.25. The summed E-state index contributed by atoms with van der Waals surface area (Å²) < 4.78 is 13.9. The van der Waals surface area contributed by atoms with Crippen LogP contribution in [-0.2, 0) is 6.54 Å². The molecule has 0 spiro atoms. The molecule has 0 atom stereocenters. The highest BCUT2D eigenvalue weighted by Gasteiger charge is 2.14. The minimum atomic E-state index is -0.475. The molecule has 0 saturated carbocycles. The van der Waals surface area contributed by atoms with Crippen LogP contribution < -0.4 is 5.32 Å². The Morgan fingerprint density at radius 3 is 2.32 bits per heavy atom. The van der Waals surface area contributed by atoms with Crippen LogP contribution in [0.1, 0.15) is 40.1 Å². The van der Waals surface area contributed by atoms with E-state index in [-0.39, 0.29) is 23.4 Å². The fraction of sp³-hybridized carbons (Fsp3) is 0.263. The van der Waals surface area contributed by atoms with Crippen molar-refractivity contribution in [3.63, 3.8) is 0 Å². The lowest BCUT2D eigenvalue weighted by molar-refractivity contribution is 0.0754. The first-order chi connectivity index (χ1) is 11.8. The van der Waals surface area contributed by atoms with E-state index in [0.717, 1.165) is 5.56 Å². The number of hydrogen-bond donors (Lipinski definition) is 1. The van der Waals surface area contributed by atoms with Crippen molar-refractivity contribution in [2.24, 2.45) is 0 Å². The number of nitrogens with zero attached hydrogens (tertiary/aromatic N) is 1. The Morgan fingerprint density at radius 2 is 1.76 bits per heavy atom. The summed E-state index contributed by atoms with van der Waals surface area (Å²) in [5.74, 6) is -0.883. The quantitative estimate of drug-likeness (QED) is 0.815. The zero-order valence-electron chi connectivity index (χ0n) is 14.3. The lowest BCUT2D eigenvalue weighted by Gasteiger charge is -2.21. The van der Waals surface area contributed by atoms with Crippen LogP contribution in [0.2, 0.25) is 0 Å². The van der Waals surface area contributed by atoms with Crippen LogP contribution in [0.5, 0.6) is 0 Å². The number of benzene rings is 2. The molecule has 0 unspecified atom stereocenters. The van der Waals surface area contributed by atoms with E-state index < -0.39 is 5.82 Å². The van der Waals surface area contributed by atoms with Crippen LogP contribution in [-0.4, -0.2) is 29.8 Å². The number of nitrogens with one attached hydrogen (secondary N) is 1. The molecule has 25 heavy (non-hydrogen) atoms. The molecule has 4 nitrogen and oxygen atoms in total. The van der Waals surface area contributed by atoms with Crippen LogP contribution in [0.3, 0.4) is 0 Å². The monoisotopic (exact) mass is 406 g/mol. The molecule has 0 aromatic heterocycles. The third-order valence-electron chi connectivity index (χ3n) is 3.87. The molecule has 2 rings (SSSR count). The summed E-state index contributed by atoms with van der Waals surface area (Å²) in [5, 5.41) is 2.74.